The van der Waals surface area contributed by atoms with Crippen LogP contribution in [-0.2, 0) is 0 Å². The summed E-state index contributed by atoms with van der Waals surface area (Å²) in [6, 6.07) is 3.37. The van der Waals surface area contributed by atoms with E-state index in [1.165, 1.54) is 11.3 Å². The maximum absolute atomic E-state index is 5.91. The van der Waals surface area contributed by atoms with Gasteiger partial charge >= 0.3 is 0 Å². The lowest BCUT2D eigenvalue weighted by Crippen LogP contribution is -1.84. The summed E-state index contributed by atoms with van der Waals surface area (Å²) in [6.07, 6.45) is 1.71. The number of hydrogen-bond donors (Lipinski definition) is 1. The molecule has 0 aliphatic carbocycles. The minimum absolute atomic E-state index is 0.483. The quantitative estimate of drug-likeness (QED) is 0.675. The summed E-state index contributed by atoms with van der Waals surface area (Å²) < 4.78 is 5.57. The number of nitrogens with zero attached hydrogens (tertiary/aromatic N) is 2. The molecule has 16 heavy (non-hydrogen) atoms. The van der Waals surface area contributed by atoms with Gasteiger partial charge in [0.25, 0.3) is 0 Å². The average Bonchev–Trinajstić information content (AvgIpc) is 2.86. The summed E-state index contributed by atoms with van der Waals surface area (Å²) in [5.41, 5.74) is 9.23. The number of nitrogens with two attached hydrogens (primary N) is 1. The van der Waals surface area contributed by atoms with Crippen molar-refractivity contribution in [1.29, 1.82) is 0 Å². The van der Waals surface area contributed by atoms with Crippen LogP contribution >= 0.6 is 22.9 Å². The van der Waals surface area contributed by atoms with Crippen LogP contribution in [0.2, 0.25) is 5.02 Å². The van der Waals surface area contributed by atoms with Crippen LogP contribution in [0.15, 0.2) is 28.3 Å². The number of aromatic nitrogens is 2. The number of oxazole rings is 1. The number of benzene rings is 1. The van der Waals surface area contributed by atoms with Crippen LogP contribution in [0.1, 0.15) is 0 Å². The predicted molar refractivity (Wildman–Crippen MR) is 64.5 cm³/mol. The molecule has 0 saturated heterocycles. The number of thiazole rings is 1. The molecule has 0 aliphatic rings. The van der Waals surface area contributed by atoms with Crippen molar-refractivity contribution in [2.45, 2.75) is 0 Å². The second-order valence-electron chi connectivity index (χ2n) is 3.23. The molecule has 2 aromatic heterocycles. The lowest BCUT2D eigenvalue weighted by molar-refractivity contribution is 0.621. The Bertz CT molecular complexity index is 608. The molecule has 6 heteroatoms. The zero-order valence-corrected chi connectivity index (χ0v) is 9.55. The average molecular weight is 252 g/mol. The molecule has 3 aromatic rings. The summed E-state index contributed by atoms with van der Waals surface area (Å²) >= 11 is 7.37. The third kappa shape index (κ3) is 1.45. The zero-order valence-electron chi connectivity index (χ0n) is 7.98. The van der Waals surface area contributed by atoms with Gasteiger partial charge in [0.1, 0.15) is 10.4 Å². The fourth-order valence-electron chi connectivity index (χ4n) is 1.39. The van der Waals surface area contributed by atoms with Crippen molar-refractivity contribution >= 4 is 39.7 Å². The first-order valence-corrected chi connectivity index (χ1v) is 5.74. The van der Waals surface area contributed by atoms with Gasteiger partial charge in [0.05, 0.1) is 22.4 Å². The number of fused-ring (bicyclic) bond motifs is 1. The second kappa shape index (κ2) is 3.47. The highest BCUT2D eigenvalue weighted by molar-refractivity contribution is 7.13. The molecule has 1 aromatic carbocycles. The van der Waals surface area contributed by atoms with Gasteiger partial charge < -0.3 is 10.2 Å². The molecule has 0 bridgehead atoms. The number of rotatable bonds is 1. The first-order chi connectivity index (χ1) is 7.74. The van der Waals surface area contributed by atoms with Crippen molar-refractivity contribution in [3.8, 4) is 10.8 Å². The fraction of sp³-hybridized carbons (Fsp3) is 0. The lowest BCUT2D eigenvalue weighted by atomic mass is 10.3. The first-order valence-electron chi connectivity index (χ1n) is 4.48. The monoisotopic (exact) mass is 251 g/mol. The molecule has 2 N–H and O–H groups in total. The molecule has 0 unspecified atom stereocenters. The molecule has 0 radical (unpaired) electrons. The molecule has 2 heterocycles. The standard InChI is InChI=1S/C10H6ClN3OS/c11-5-1-7-8(2-6(5)12)15-10(14-7)9-3-13-4-16-9/h1-4H,12H2. The highest BCUT2D eigenvalue weighted by Crippen LogP contribution is 2.30. The van der Waals surface area contributed by atoms with Crippen molar-refractivity contribution in [2.75, 3.05) is 5.73 Å². The van der Waals surface area contributed by atoms with E-state index < -0.39 is 0 Å². The van der Waals surface area contributed by atoms with Gasteiger partial charge in [-0.3, -0.25) is 4.98 Å². The van der Waals surface area contributed by atoms with Gasteiger partial charge in [0, 0.05) is 6.07 Å². The summed E-state index contributed by atoms with van der Waals surface area (Å²) in [5.74, 6) is 0.541. The predicted octanol–water partition coefficient (Wildman–Crippen LogP) is 3.19. The van der Waals surface area contributed by atoms with E-state index in [0.29, 0.717) is 27.7 Å². The van der Waals surface area contributed by atoms with Crippen LogP contribution < -0.4 is 5.73 Å². The Morgan fingerprint density at radius 2 is 2.25 bits per heavy atom. The molecule has 80 valence electrons. The maximum Gasteiger partial charge on any atom is 0.239 e. The Kier molecular flexibility index (Phi) is 2.08. The van der Waals surface area contributed by atoms with E-state index in [9.17, 15) is 0 Å². The van der Waals surface area contributed by atoms with Crippen molar-refractivity contribution in [3.05, 3.63) is 28.9 Å². The Balaban J connectivity index is 2.23. The van der Waals surface area contributed by atoms with Gasteiger partial charge in [-0.05, 0) is 6.07 Å². The van der Waals surface area contributed by atoms with E-state index in [1.807, 2.05) is 0 Å². The van der Waals surface area contributed by atoms with Gasteiger partial charge in [-0.2, -0.15) is 0 Å². The summed E-state index contributed by atoms with van der Waals surface area (Å²) in [4.78, 5) is 9.17. The molecule has 0 aliphatic heterocycles. The van der Waals surface area contributed by atoms with E-state index >= 15 is 0 Å². The van der Waals surface area contributed by atoms with Gasteiger partial charge in [-0.25, -0.2) is 4.98 Å². The molecule has 0 atom stereocenters. The molecule has 3 rings (SSSR count). The van der Waals surface area contributed by atoms with Crippen molar-refractivity contribution in [3.63, 3.8) is 0 Å². The van der Waals surface area contributed by atoms with Crippen molar-refractivity contribution in [2.24, 2.45) is 0 Å². The van der Waals surface area contributed by atoms with Crippen LogP contribution in [0.3, 0.4) is 0 Å². The summed E-state index contributed by atoms with van der Waals surface area (Å²) in [6.45, 7) is 0. The second-order valence-corrected chi connectivity index (χ2v) is 4.52. The van der Waals surface area contributed by atoms with E-state index in [1.54, 1.807) is 23.8 Å². The van der Waals surface area contributed by atoms with Crippen LogP contribution in [0.4, 0.5) is 5.69 Å². The minimum atomic E-state index is 0.483. The van der Waals surface area contributed by atoms with Crippen LogP contribution in [0.25, 0.3) is 21.9 Å². The Morgan fingerprint density at radius 1 is 1.38 bits per heavy atom. The fourth-order valence-corrected chi connectivity index (χ4v) is 2.09. The number of hydrogen-bond acceptors (Lipinski definition) is 5. The van der Waals surface area contributed by atoms with Gasteiger partial charge in [-0.15, -0.1) is 11.3 Å². The van der Waals surface area contributed by atoms with Gasteiger partial charge in [0.15, 0.2) is 5.58 Å². The molecule has 4 nitrogen and oxygen atoms in total. The normalized spacial score (nSPS) is 11.1. The van der Waals surface area contributed by atoms with Crippen molar-refractivity contribution < 1.29 is 4.42 Å². The number of nitrogen functional groups attached to an aromatic ring is 1. The molecule has 0 spiro atoms. The Labute approximate surface area is 99.7 Å². The number of anilines is 1. The zero-order chi connectivity index (χ0) is 11.1. The van der Waals surface area contributed by atoms with E-state index in [-0.39, 0.29) is 0 Å². The van der Waals surface area contributed by atoms with Gasteiger partial charge in [0.2, 0.25) is 5.89 Å². The number of halogens is 1. The Morgan fingerprint density at radius 3 is 3.00 bits per heavy atom. The maximum atomic E-state index is 5.91. The first kappa shape index (κ1) is 9.62. The highest BCUT2D eigenvalue weighted by Gasteiger charge is 2.11. The smallest absolute Gasteiger partial charge is 0.239 e. The third-order valence-electron chi connectivity index (χ3n) is 2.15. The summed E-state index contributed by atoms with van der Waals surface area (Å²) in [7, 11) is 0. The van der Waals surface area contributed by atoms with Crippen LogP contribution in [-0.4, -0.2) is 9.97 Å². The molecule has 0 amide bonds. The molecular formula is C10H6ClN3OS. The highest BCUT2D eigenvalue weighted by atomic mass is 35.5. The van der Waals surface area contributed by atoms with Crippen LogP contribution in [0.5, 0.6) is 0 Å². The lowest BCUT2D eigenvalue weighted by Gasteiger charge is -1.94. The summed E-state index contributed by atoms with van der Waals surface area (Å²) in [5, 5.41) is 0.483. The van der Waals surface area contributed by atoms with Crippen molar-refractivity contribution in [1.82, 2.24) is 9.97 Å². The topological polar surface area (TPSA) is 64.9 Å². The van der Waals surface area contributed by atoms with E-state index in [2.05, 4.69) is 9.97 Å². The molecular weight excluding hydrogens is 246 g/mol. The van der Waals surface area contributed by atoms with E-state index in [0.717, 1.165) is 4.88 Å². The molecule has 0 fully saturated rings. The third-order valence-corrected chi connectivity index (χ3v) is 3.24. The van der Waals surface area contributed by atoms with Crippen LogP contribution in [0, 0.1) is 0 Å². The Hall–Kier alpha value is -1.59. The largest absolute Gasteiger partial charge is 0.435 e. The molecule has 0 saturated carbocycles. The van der Waals surface area contributed by atoms with Gasteiger partial charge in [-0.1, -0.05) is 11.6 Å². The minimum Gasteiger partial charge on any atom is -0.435 e. The van der Waals surface area contributed by atoms with E-state index in [4.69, 9.17) is 21.8 Å². The SMILES string of the molecule is Nc1cc2oc(-c3cncs3)nc2cc1Cl.